The van der Waals surface area contributed by atoms with Crippen LogP contribution in [0, 0.1) is 6.92 Å². The van der Waals surface area contributed by atoms with Crippen LogP contribution in [0.15, 0.2) is 279 Å². The van der Waals surface area contributed by atoms with Crippen molar-refractivity contribution in [2.45, 2.75) is 147 Å². The lowest BCUT2D eigenvalue weighted by Gasteiger charge is -2.34. The van der Waals surface area contributed by atoms with Crippen molar-refractivity contribution in [3.8, 4) is 11.1 Å². The summed E-state index contributed by atoms with van der Waals surface area (Å²) in [7, 11) is 4.06. The third-order valence-corrected chi connectivity index (χ3v) is 17.1. The molecule has 0 aromatic heterocycles. The molecule has 0 atom stereocenters. The molecule has 2 aliphatic heterocycles. The molecule has 3 nitrogen and oxygen atoms in total. The number of anilines is 4. The Kier molecular flexibility index (Phi) is 34.6. The minimum Gasteiger partial charge on any atom is -0.381 e. The van der Waals surface area contributed by atoms with E-state index in [2.05, 4.69) is 343 Å². The average molecular weight is 1290 g/mol. The van der Waals surface area contributed by atoms with Crippen molar-refractivity contribution in [3.63, 3.8) is 0 Å². The largest absolute Gasteiger partial charge is 0.381 e. The van der Waals surface area contributed by atoms with Crippen LogP contribution in [-0.4, -0.2) is 32.1 Å². The number of rotatable bonds is 14. The summed E-state index contributed by atoms with van der Waals surface area (Å²) in [5.41, 5.74) is 25.4. The van der Waals surface area contributed by atoms with Gasteiger partial charge in [0.05, 0.1) is 5.41 Å². The maximum absolute atomic E-state index is 3.67. The summed E-state index contributed by atoms with van der Waals surface area (Å²) in [6, 6.07) is 80.6. The number of benzene rings is 9. The monoisotopic (exact) mass is 1290 g/mol. The highest BCUT2D eigenvalue weighted by molar-refractivity contribution is 5.89. The fourth-order valence-electron chi connectivity index (χ4n) is 12.1. The first kappa shape index (κ1) is 78.3. The van der Waals surface area contributed by atoms with E-state index in [1.54, 1.807) is 6.08 Å². The van der Waals surface area contributed by atoms with Gasteiger partial charge < -0.3 is 14.7 Å². The minimum atomic E-state index is -0.486. The van der Waals surface area contributed by atoms with Crippen molar-refractivity contribution < 1.29 is 0 Å². The Morgan fingerprint density at radius 2 is 0.845 bits per heavy atom. The van der Waals surface area contributed by atoms with Crippen LogP contribution < -0.4 is 9.80 Å². The lowest BCUT2D eigenvalue weighted by atomic mass is 9.67. The highest BCUT2D eigenvalue weighted by Gasteiger charge is 2.46. The standard InChI is InChI=1S/C59H48N2.C10H17N.C9H12.C6H12.C3H8.C3H6.2C2H6/c1-3-17-49(18-4-1)59(50-19-5-2-6-20-50)55-41-45(25-23-43-27-33-51(34-28-43)60-39-11-15-47-13-7-9-21-57(47)60)31-37-53(55)54-38-32-46(42-56(54)59)26-24-44-29-35-52(36-30-44)61-40-12-16-48-14-8-10-22-58(48)61;1-6-9(2)7-8-10(3)11(4)5;1-3-9-7-5-4-6-8(9)2;1-3-5-6-4-2;2*1-3-2;2*1-2/h1-10,13-14,17-38,41-42H,11-12,15-16,39-40H2;6-8H,1H2,2-5H3;4-7H,3H2,1-2H3;5-6H,3-4H2,1-2H3;3H2,1-2H3;3H,1H2,2H3;2*1-2H3/b25-23+,26-24+;9-7+,10-8+;;6-5-;;;;. The zero-order valence-electron chi connectivity index (χ0n) is 61.9. The van der Waals surface area contributed by atoms with Crippen molar-refractivity contribution in [2.75, 3.05) is 37.0 Å². The smallest absolute Gasteiger partial charge is 0.0713 e. The van der Waals surface area contributed by atoms with Gasteiger partial charge in [-0.3, -0.25) is 0 Å². The summed E-state index contributed by atoms with van der Waals surface area (Å²) >= 11 is 0. The Morgan fingerprint density at radius 1 is 0.474 bits per heavy atom. The van der Waals surface area contributed by atoms with Crippen LogP contribution in [0.1, 0.15) is 182 Å². The maximum atomic E-state index is 3.67. The third-order valence-electron chi connectivity index (χ3n) is 17.1. The quantitative estimate of drug-likeness (QED) is 0.0610. The lowest BCUT2D eigenvalue weighted by molar-refractivity contribution is 0.514. The molecule has 3 aliphatic rings. The number of fused-ring (bicyclic) bond motifs is 5. The molecule has 0 unspecified atom stereocenters. The van der Waals surface area contributed by atoms with Crippen molar-refractivity contribution in [1.82, 2.24) is 4.90 Å². The van der Waals surface area contributed by atoms with Crippen molar-refractivity contribution in [3.05, 3.63) is 346 Å². The Labute approximate surface area is 589 Å². The van der Waals surface area contributed by atoms with E-state index in [1.165, 1.54) is 144 Å². The van der Waals surface area contributed by atoms with Gasteiger partial charge >= 0.3 is 0 Å². The maximum Gasteiger partial charge on any atom is 0.0713 e. The predicted octanol–water partition coefficient (Wildman–Crippen LogP) is 26.7. The highest BCUT2D eigenvalue weighted by Crippen LogP contribution is 2.56. The molecule has 0 radical (unpaired) electrons. The molecule has 0 saturated carbocycles. The summed E-state index contributed by atoms with van der Waals surface area (Å²) in [6.45, 7) is 36.0. The Morgan fingerprint density at radius 3 is 1.22 bits per heavy atom. The number of hydrogen-bond acceptors (Lipinski definition) is 3. The van der Waals surface area contributed by atoms with Crippen LogP contribution in [0.5, 0.6) is 0 Å². The van der Waals surface area contributed by atoms with Crippen molar-refractivity contribution in [2.24, 2.45) is 0 Å². The first-order chi connectivity index (χ1) is 47.4. The Balaban J connectivity index is 0.000000389. The molecule has 2 heterocycles. The van der Waals surface area contributed by atoms with E-state index in [4.69, 9.17) is 0 Å². The van der Waals surface area contributed by atoms with Gasteiger partial charge in [-0.15, -0.1) is 6.58 Å². The lowest BCUT2D eigenvalue weighted by Crippen LogP contribution is -2.28. The molecular formula is C94H115N3. The summed E-state index contributed by atoms with van der Waals surface area (Å²) in [5, 5.41) is 0. The van der Waals surface area contributed by atoms with Gasteiger partial charge in [-0.05, 0) is 205 Å². The first-order valence-electron chi connectivity index (χ1n) is 36.0. The number of hydrogen-bond donors (Lipinski definition) is 0. The predicted molar refractivity (Wildman–Crippen MR) is 434 cm³/mol. The molecule has 9 aromatic carbocycles. The van der Waals surface area contributed by atoms with Gasteiger partial charge in [0.1, 0.15) is 0 Å². The number of aryl methyl sites for hydroxylation is 4. The molecule has 0 N–H and O–H groups in total. The van der Waals surface area contributed by atoms with Crippen LogP contribution in [-0.2, 0) is 24.7 Å². The molecule has 0 saturated heterocycles. The Bertz CT molecular complexity index is 3700. The molecule has 1 aliphatic carbocycles. The molecule has 0 bridgehead atoms. The van der Waals surface area contributed by atoms with E-state index in [9.17, 15) is 0 Å². The van der Waals surface area contributed by atoms with E-state index in [0.717, 1.165) is 32.4 Å². The van der Waals surface area contributed by atoms with Crippen molar-refractivity contribution in [1.29, 1.82) is 0 Å². The van der Waals surface area contributed by atoms with Gasteiger partial charge in [-0.25, -0.2) is 0 Å². The van der Waals surface area contributed by atoms with Crippen molar-refractivity contribution >= 4 is 47.1 Å². The van der Waals surface area contributed by atoms with E-state index < -0.39 is 5.41 Å². The summed E-state index contributed by atoms with van der Waals surface area (Å²) in [5.74, 6) is 0. The van der Waals surface area contributed by atoms with Gasteiger partial charge in [0.15, 0.2) is 0 Å². The summed E-state index contributed by atoms with van der Waals surface area (Å²) in [4.78, 5) is 7.00. The van der Waals surface area contributed by atoms with Crippen LogP contribution in [0.25, 0.3) is 35.4 Å². The van der Waals surface area contributed by atoms with E-state index in [-0.39, 0.29) is 0 Å². The van der Waals surface area contributed by atoms with Gasteiger partial charge in [-0.1, -0.05) is 305 Å². The third kappa shape index (κ3) is 22.0. The fraction of sp³-hybridized carbons (Fsp3) is 0.277. The van der Waals surface area contributed by atoms with E-state index in [1.807, 2.05) is 61.7 Å². The summed E-state index contributed by atoms with van der Waals surface area (Å²) in [6.07, 6.45) is 30.6. The molecule has 0 fully saturated rings. The van der Waals surface area contributed by atoms with Gasteiger partial charge in [-0.2, -0.15) is 0 Å². The molecule has 0 amide bonds. The molecule has 3 heteroatoms. The Hall–Kier alpha value is -9.44. The second kappa shape index (κ2) is 42.9. The van der Waals surface area contributed by atoms with Gasteiger partial charge in [0.2, 0.25) is 0 Å². The zero-order chi connectivity index (χ0) is 70.4. The minimum absolute atomic E-state index is 0.486. The molecular weight excluding hydrogens is 1170 g/mol. The summed E-state index contributed by atoms with van der Waals surface area (Å²) < 4.78 is 0. The number of para-hydroxylation sites is 2. The SMILES string of the molecule is C(=C\c1ccc2c(c1)C(c1ccccc1)(c1ccccc1)c1cc(/C=C/c3ccc(N4CCCc5ccccc54)cc3)ccc1-2)/c1ccc(N2CCCc3ccccc32)cc1.C=C/C(C)=C/C=C(\C)N(C)C.C=CC.CC.CC.CC/C=C\CC.CCC.CCc1ccccc1C. The normalized spacial score (nSPS) is 12.9. The zero-order valence-corrected chi connectivity index (χ0v) is 61.9. The highest BCUT2D eigenvalue weighted by atomic mass is 15.1. The van der Waals surface area contributed by atoms with Crippen LogP contribution in [0.3, 0.4) is 0 Å². The molecule has 506 valence electrons. The number of allylic oxidation sites excluding steroid dienone is 8. The van der Waals surface area contributed by atoms with E-state index in [0.29, 0.717) is 0 Å². The van der Waals surface area contributed by atoms with Gasteiger partial charge in [0.25, 0.3) is 0 Å². The van der Waals surface area contributed by atoms with E-state index >= 15 is 0 Å². The topological polar surface area (TPSA) is 9.72 Å². The number of nitrogens with zero attached hydrogens (tertiary/aromatic N) is 3. The first-order valence-corrected chi connectivity index (χ1v) is 36.0. The second-order valence-electron chi connectivity index (χ2n) is 24.2. The fourth-order valence-corrected chi connectivity index (χ4v) is 12.1. The van der Waals surface area contributed by atoms with Crippen LogP contribution in [0.4, 0.5) is 22.7 Å². The van der Waals surface area contributed by atoms with Crippen LogP contribution in [0.2, 0.25) is 0 Å². The van der Waals surface area contributed by atoms with Gasteiger partial charge in [0, 0.05) is 55.6 Å². The molecule has 97 heavy (non-hydrogen) atoms. The molecule has 9 aromatic rings. The van der Waals surface area contributed by atoms with Crippen LogP contribution >= 0.6 is 0 Å². The average Bonchev–Trinajstić information content (AvgIpc) is 1.55. The second-order valence-corrected chi connectivity index (χ2v) is 24.2. The molecule has 12 rings (SSSR count). The molecule has 0 spiro atoms.